The number of H-pyrrole nitrogens is 1. The minimum Gasteiger partial charge on any atom is -0.458 e. The Hall–Kier alpha value is -1.89. The summed E-state index contributed by atoms with van der Waals surface area (Å²) in [5, 5.41) is 1.48. The van der Waals surface area contributed by atoms with Crippen LogP contribution in [0.5, 0.6) is 0 Å². The van der Waals surface area contributed by atoms with Crippen molar-refractivity contribution < 1.29 is 9.53 Å². The molecule has 1 aliphatic carbocycles. The minimum atomic E-state index is -0.459. The van der Waals surface area contributed by atoms with E-state index in [0.717, 1.165) is 42.9 Å². The van der Waals surface area contributed by atoms with Crippen LogP contribution < -0.4 is 5.56 Å². The molecule has 3 aromatic rings. The summed E-state index contributed by atoms with van der Waals surface area (Å²) in [5.74, 6) is 1.87. The Bertz CT molecular complexity index is 1510. The standard InChI is InChI=1S/C37H52Cl2N2O3S/c1-10-12-13-23(11-2)21-45-28-20-29(42)41-33(39)30(24-14-16-25(38)17-15-24)31(34(41)40-28)35(43)44-32-26(36(4,5)6)18-22(3)19-27(32)37(7,8)9/h14-17,20,22-23,26-27,32,40H,10-13,18-19,21H2,1-9H3. The molecule has 248 valence electrons. The van der Waals surface area contributed by atoms with Gasteiger partial charge in [-0.1, -0.05) is 117 Å². The van der Waals surface area contributed by atoms with E-state index in [9.17, 15) is 9.59 Å². The van der Waals surface area contributed by atoms with Crippen LogP contribution in [0.1, 0.15) is 111 Å². The van der Waals surface area contributed by atoms with Gasteiger partial charge in [0.25, 0.3) is 5.56 Å². The van der Waals surface area contributed by atoms with E-state index in [1.54, 1.807) is 30.0 Å². The van der Waals surface area contributed by atoms with Crippen LogP contribution >= 0.6 is 35.0 Å². The number of aromatic nitrogens is 2. The van der Waals surface area contributed by atoms with Gasteiger partial charge in [0.1, 0.15) is 22.5 Å². The molecule has 0 aliphatic heterocycles. The van der Waals surface area contributed by atoms with Gasteiger partial charge in [-0.05, 0) is 59.6 Å². The number of nitrogens with one attached hydrogen (secondary N) is 1. The number of ether oxygens (including phenoxy) is 1. The number of aromatic amines is 1. The molecule has 0 radical (unpaired) electrons. The summed E-state index contributed by atoms with van der Waals surface area (Å²) < 4.78 is 8.09. The van der Waals surface area contributed by atoms with E-state index in [2.05, 4.69) is 67.3 Å². The lowest BCUT2D eigenvalue weighted by Gasteiger charge is -2.50. The molecule has 1 N–H and O–H groups in total. The molecular formula is C37H52Cl2N2O3S. The van der Waals surface area contributed by atoms with Gasteiger partial charge in [0.05, 0.1) is 5.03 Å². The number of esters is 1. The second-order valence-electron chi connectivity index (χ2n) is 15.3. The fourth-order valence-corrected chi connectivity index (χ4v) is 8.68. The van der Waals surface area contributed by atoms with Crippen LogP contribution in [-0.4, -0.2) is 27.2 Å². The molecule has 5 nitrogen and oxygen atoms in total. The number of fused-ring (bicyclic) bond motifs is 1. The average Bonchev–Trinajstić information content (AvgIpc) is 3.25. The number of unbranched alkanes of at least 4 members (excludes halogenated alkanes) is 1. The first-order valence-corrected chi connectivity index (χ1v) is 18.4. The molecule has 2 heterocycles. The number of carbonyl (C=O) groups excluding carboxylic acids is 1. The van der Waals surface area contributed by atoms with Crippen LogP contribution in [0, 0.1) is 34.5 Å². The van der Waals surface area contributed by atoms with Crippen LogP contribution in [0.3, 0.4) is 0 Å². The molecule has 8 heteroatoms. The highest BCUT2D eigenvalue weighted by atomic mass is 35.5. The predicted octanol–water partition coefficient (Wildman–Crippen LogP) is 11.2. The third-order valence-corrected chi connectivity index (χ3v) is 11.5. The highest BCUT2D eigenvalue weighted by molar-refractivity contribution is 7.99. The van der Waals surface area contributed by atoms with E-state index in [4.69, 9.17) is 27.9 Å². The number of carbonyl (C=O) groups is 1. The molecule has 4 rings (SSSR count). The van der Waals surface area contributed by atoms with Crippen molar-refractivity contribution in [1.29, 1.82) is 0 Å². The van der Waals surface area contributed by atoms with Crippen LogP contribution in [0.15, 0.2) is 40.2 Å². The van der Waals surface area contributed by atoms with Gasteiger partial charge in [0.15, 0.2) is 0 Å². The summed E-state index contributed by atoms with van der Waals surface area (Å²) >= 11 is 14.9. The lowest BCUT2D eigenvalue weighted by atomic mass is 9.59. The van der Waals surface area contributed by atoms with Gasteiger partial charge in [-0.3, -0.25) is 9.20 Å². The zero-order valence-corrected chi connectivity index (χ0v) is 30.9. The summed E-state index contributed by atoms with van der Waals surface area (Å²) in [7, 11) is 0. The first-order chi connectivity index (χ1) is 21.1. The van der Waals surface area contributed by atoms with Crippen LogP contribution in [-0.2, 0) is 4.74 Å². The molecular weight excluding hydrogens is 623 g/mol. The molecule has 1 fully saturated rings. The van der Waals surface area contributed by atoms with E-state index in [-0.39, 0.29) is 39.5 Å². The predicted molar refractivity (Wildman–Crippen MR) is 191 cm³/mol. The molecule has 1 aliphatic rings. The molecule has 0 amide bonds. The monoisotopic (exact) mass is 674 g/mol. The highest BCUT2D eigenvalue weighted by Crippen LogP contribution is 2.50. The van der Waals surface area contributed by atoms with E-state index >= 15 is 0 Å². The average molecular weight is 676 g/mol. The zero-order chi connectivity index (χ0) is 33.3. The van der Waals surface area contributed by atoms with Crippen molar-refractivity contribution in [2.75, 3.05) is 5.75 Å². The lowest BCUT2D eigenvalue weighted by molar-refractivity contribution is -0.0922. The Labute approximate surface area is 284 Å². The largest absolute Gasteiger partial charge is 0.458 e. The Morgan fingerprint density at radius 1 is 1.04 bits per heavy atom. The summed E-state index contributed by atoms with van der Waals surface area (Å²) in [6.45, 7) is 20.2. The summed E-state index contributed by atoms with van der Waals surface area (Å²) in [5.41, 5.74) is 1.44. The summed E-state index contributed by atoms with van der Waals surface area (Å²) in [6, 6.07) is 8.78. The first kappa shape index (κ1) is 36.0. The molecule has 0 bridgehead atoms. The van der Waals surface area contributed by atoms with Crippen molar-refractivity contribution in [1.82, 2.24) is 9.38 Å². The smallest absolute Gasteiger partial charge is 0.342 e. The van der Waals surface area contributed by atoms with Gasteiger partial charge in [-0.2, -0.15) is 0 Å². The fraction of sp³-hybridized carbons (Fsp3) is 0.622. The Morgan fingerprint density at radius 3 is 2.18 bits per heavy atom. The number of halogens is 2. The Kier molecular flexibility index (Phi) is 11.6. The minimum absolute atomic E-state index is 0.0612. The number of rotatable bonds is 10. The van der Waals surface area contributed by atoms with Gasteiger partial charge in [-0.15, -0.1) is 11.8 Å². The van der Waals surface area contributed by atoms with Gasteiger partial charge in [0.2, 0.25) is 0 Å². The van der Waals surface area contributed by atoms with E-state index in [0.29, 0.717) is 39.2 Å². The molecule has 1 aromatic carbocycles. The van der Waals surface area contributed by atoms with E-state index < -0.39 is 5.97 Å². The summed E-state index contributed by atoms with van der Waals surface area (Å²) in [6.07, 6.45) is 6.29. The summed E-state index contributed by atoms with van der Waals surface area (Å²) in [4.78, 5) is 31.7. The van der Waals surface area contributed by atoms with Crippen molar-refractivity contribution in [3.8, 4) is 11.1 Å². The fourth-order valence-electron chi connectivity index (χ4n) is 7.01. The third kappa shape index (κ3) is 8.16. The zero-order valence-electron chi connectivity index (χ0n) is 28.6. The molecule has 0 spiro atoms. The second-order valence-corrected chi connectivity index (χ2v) is 17.2. The van der Waals surface area contributed by atoms with E-state index in [1.165, 1.54) is 10.8 Å². The van der Waals surface area contributed by atoms with E-state index in [1.807, 2.05) is 12.1 Å². The molecule has 45 heavy (non-hydrogen) atoms. The van der Waals surface area contributed by atoms with Gasteiger partial charge in [0, 0.05) is 34.2 Å². The van der Waals surface area contributed by atoms with Crippen LogP contribution in [0.25, 0.3) is 16.8 Å². The number of thioether (sulfide) groups is 1. The highest BCUT2D eigenvalue weighted by Gasteiger charge is 2.48. The van der Waals surface area contributed by atoms with Gasteiger partial charge < -0.3 is 9.72 Å². The first-order valence-electron chi connectivity index (χ1n) is 16.6. The normalized spacial score (nSPS) is 21.7. The van der Waals surface area contributed by atoms with Gasteiger partial charge in [-0.25, -0.2) is 4.79 Å². The topological polar surface area (TPSA) is 63.6 Å². The molecule has 3 atom stereocenters. The third-order valence-electron chi connectivity index (χ3n) is 9.76. The maximum atomic E-state index is 14.6. The van der Waals surface area contributed by atoms with Gasteiger partial charge >= 0.3 is 5.97 Å². The number of hydrogen-bond donors (Lipinski definition) is 1. The van der Waals surface area contributed by atoms with Crippen molar-refractivity contribution >= 4 is 46.6 Å². The molecule has 2 aromatic heterocycles. The molecule has 0 saturated heterocycles. The number of hydrogen-bond acceptors (Lipinski definition) is 4. The maximum absolute atomic E-state index is 14.6. The Morgan fingerprint density at radius 2 is 1.64 bits per heavy atom. The SMILES string of the molecule is CCCCC(CC)CSc1cc(=O)n2c(Cl)c(-c3ccc(Cl)cc3)c(C(=O)OC3C(C(C)(C)C)CC(C)CC3C(C)(C)C)c2[nH]1. The quantitative estimate of drug-likeness (QED) is 0.132. The Balaban J connectivity index is 1.86. The van der Waals surface area contributed by atoms with Crippen molar-refractivity contribution in [3.05, 3.63) is 56.4 Å². The van der Waals surface area contributed by atoms with Crippen LogP contribution in [0.2, 0.25) is 10.2 Å². The van der Waals surface area contributed by atoms with Crippen LogP contribution in [0.4, 0.5) is 0 Å². The number of benzene rings is 1. The number of nitrogens with zero attached hydrogens (tertiary/aromatic N) is 1. The van der Waals surface area contributed by atoms with Crippen molar-refractivity contribution in [2.45, 2.75) is 112 Å². The van der Waals surface area contributed by atoms with Crippen molar-refractivity contribution in [3.63, 3.8) is 0 Å². The maximum Gasteiger partial charge on any atom is 0.342 e. The second kappa shape index (κ2) is 14.5. The molecule has 3 unspecified atom stereocenters. The lowest BCUT2D eigenvalue weighted by Crippen LogP contribution is -2.49. The molecule has 1 saturated carbocycles. The van der Waals surface area contributed by atoms with Crippen molar-refractivity contribution in [2.24, 2.45) is 34.5 Å².